The summed E-state index contributed by atoms with van der Waals surface area (Å²) >= 11 is 0. The molecular weight excluding hydrogens is 176 g/mol. The monoisotopic (exact) mass is 194 g/mol. The van der Waals surface area contributed by atoms with E-state index in [0.717, 1.165) is 37.9 Å². The number of aryl methyl sites for hydroxylation is 2. The van der Waals surface area contributed by atoms with Crippen molar-refractivity contribution in [2.45, 2.75) is 32.7 Å². The van der Waals surface area contributed by atoms with Crippen molar-refractivity contribution < 1.29 is 0 Å². The number of hydrogen-bond acceptors (Lipinski definition) is 2. The molecule has 78 valence electrons. The zero-order chi connectivity index (χ0) is 10.4. The molecule has 1 aromatic rings. The van der Waals surface area contributed by atoms with Gasteiger partial charge in [0, 0.05) is 18.8 Å². The quantitative estimate of drug-likeness (QED) is 0.718. The van der Waals surface area contributed by atoms with Crippen LogP contribution in [0.5, 0.6) is 0 Å². The maximum Gasteiger partial charge on any atom is 0.250 e. The molecule has 0 aliphatic heterocycles. The highest BCUT2D eigenvalue weighted by atomic mass is 16.1. The van der Waals surface area contributed by atoms with Crippen molar-refractivity contribution in [3.63, 3.8) is 0 Å². The molecule has 0 spiro atoms. The zero-order valence-corrected chi connectivity index (χ0v) is 8.70. The predicted octanol–water partition coefficient (Wildman–Crippen LogP) is 1.29. The lowest BCUT2D eigenvalue weighted by molar-refractivity contribution is 0.577. The topological polar surface area (TPSA) is 48.0 Å². The Morgan fingerprint density at radius 2 is 2.14 bits per heavy atom. The van der Waals surface area contributed by atoms with Crippen LogP contribution in [0.4, 0.5) is 0 Å². The maximum atomic E-state index is 11.4. The molecule has 0 radical (unpaired) electrons. The number of rotatable bonds is 5. The third kappa shape index (κ3) is 3.34. The molecule has 1 rings (SSSR count). The van der Waals surface area contributed by atoms with Crippen LogP contribution in [0.3, 0.4) is 0 Å². The Kier molecular flexibility index (Phi) is 4.40. The number of aromatic nitrogens is 1. The molecule has 1 heterocycles. The molecule has 2 N–H and O–H groups in total. The van der Waals surface area contributed by atoms with Crippen LogP contribution in [0, 0.1) is 6.92 Å². The van der Waals surface area contributed by atoms with E-state index < -0.39 is 0 Å². The van der Waals surface area contributed by atoms with Gasteiger partial charge in [-0.05, 0) is 37.9 Å². The first-order valence-electron chi connectivity index (χ1n) is 5.11. The average molecular weight is 194 g/mol. The van der Waals surface area contributed by atoms with Gasteiger partial charge in [0.15, 0.2) is 0 Å². The highest BCUT2D eigenvalue weighted by Gasteiger charge is 1.95. The van der Waals surface area contributed by atoms with Gasteiger partial charge in [-0.25, -0.2) is 0 Å². The number of pyridine rings is 1. The van der Waals surface area contributed by atoms with Crippen LogP contribution in [0.15, 0.2) is 23.1 Å². The fourth-order valence-electron chi connectivity index (χ4n) is 1.39. The Hall–Kier alpha value is -1.09. The van der Waals surface area contributed by atoms with Gasteiger partial charge >= 0.3 is 0 Å². The summed E-state index contributed by atoms with van der Waals surface area (Å²) in [5.41, 5.74) is 6.51. The maximum absolute atomic E-state index is 11.4. The average Bonchev–Trinajstić information content (AvgIpc) is 2.15. The summed E-state index contributed by atoms with van der Waals surface area (Å²) in [7, 11) is 0. The van der Waals surface area contributed by atoms with Gasteiger partial charge in [0.25, 0.3) is 5.56 Å². The van der Waals surface area contributed by atoms with Crippen molar-refractivity contribution in [3.8, 4) is 0 Å². The van der Waals surface area contributed by atoms with Crippen LogP contribution in [0.1, 0.15) is 24.8 Å². The van der Waals surface area contributed by atoms with Gasteiger partial charge < -0.3 is 10.3 Å². The van der Waals surface area contributed by atoms with Crippen LogP contribution in [0.2, 0.25) is 0 Å². The Morgan fingerprint density at radius 1 is 1.36 bits per heavy atom. The second-order valence-corrected chi connectivity index (χ2v) is 3.59. The molecule has 14 heavy (non-hydrogen) atoms. The lowest BCUT2D eigenvalue weighted by Crippen LogP contribution is -2.18. The first kappa shape index (κ1) is 11.0. The van der Waals surface area contributed by atoms with E-state index in [1.165, 1.54) is 0 Å². The minimum absolute atomic E-state index is 0.0951. The van der Waals surface area contributed by atoms with Gasteiger partial charge in [-0.1, -0.05) is 6.42 Å². The van der Waals surface area contributed by atoms with Gasteiger partial charge in [0.1, 0.15) is 0 Å². The van der Waals surface area contributed by atoms with Gasteiger partial charge in [-0.15, -0.1) is 0 Å². The third-order valence-electron chi connectivity index (χ3n) is 2.25. The Labute approximate surface area is 84.6 Å². The SMILES string of the molecule is Cc1ccn(CCCCCN)c(=O)c1. The van der Waals surface area contributed by atoms with Crippen molar-refractivity contribution in [2.24, 2.45) is 5.73 Å². The molecule has 0 saturated heterocycles. The van der Waals surface area contributed by atoms with E-state index in [-0.39, 0.29) is 5.56 Å². The van der Waals surface area contributed by atoms with E-state index in [1.807, 2.05) is 19.2 Å². The number of unbranched alkanes of at least 4 members (excludes halogenated alkanes) is 2. The van der Waals surface area contributed by atoms with Crippen molar-refractivity contribution in [2.75, 3.05) is 6.54 Å². The molecule has 3 nitrogen and oxygen atoms in total. The first-order valence-corrected chi connectivity index (χ1v) is 5.11. The molecule has 3 heteroatoms. The highest BCUT2D eigenvalue weighted by Crippen LogP contribution is 1.97. The van der Waals surface area contributed by atoms with Gasteiger partial charge in [0.05, 0.1) is 0 Å². The van der Waals surface area contributed by atoms with Crippen molar-refractivity contribution >= 4 is 0 Å². The van der Waals surface area contributed by atoms with Gasteiger partial charge in [-0.3, -0.25) is 4.79 Å². The van der Waals surface area contributed by atoms with Crippen molar-refractivity contribution in [1.29, 1.82) is 0 Å². The summed E-state index contributed by atoms with van der Waals surface area (Å²) in [5, 5.41) is 0. The van der Waals surface area contributed by atoms with Crippen LogP contribution in [0.25, 0.3) is 0 Å². The van der Waals surface area contributed by atoms with Crippen LogP contribution >= 0.6 is 0 Å². The minimum Gasteiger partial charge on any atom is -0.330 e. The van der Waals surface area contributed by atoms with Crippen LogP contribution in [-0.4, -0.2) is 11.1 Å². The number of nitrogens with two attached hydrogens (primary N) is 1. The Bertz CT molecular complexity index is 330. The third-order valence-corrected chi connectivity index (χ3v) is 2.25. The molecular formula is C11H18N2O. The molecule has 0 unspecified atom stereocenters. The zero-order valence-electron chi connectivity index (χ0n) is 8.70. The molecule has 0 bridgehead atoms. The summed E-state index contributed by atoms with van der Waals surface area (Å²) in [6, 6.07) is 3.63. The smallest absolute Gasteiger partial charge is 0.250 e. The lowest BCUT2D eigenvalue weighted by atomic mass is 10.2. The summed E-state index contributed by atoms with van der Waals surface area (Å²) < 4.78 is 1.75. The number of nitrogens with zero attached hydrogens (tertiary/aromatic N) is 1. The molecule has 0 atom stereocenters. The first-order chi connectivity index (χ1) is 6.74. The predicted molar refractivity (Wildman–Crippen MR) is 58.3 cm³/mol. The molecule has 0 saturated carbocycles. The molecule has 1 aromatic heterocycles. The normalized spacial score (nSPS) is 10.4. The second-order valence-electron chi connectivity index (χ2n) is 3.59. The van der Waals surface area contributed by atoms with Gasteiger partial charge in [-0.2, -0.15) is 0 Å². The summed E-state index contributed by atoms with van der Waals surface area (Å²) in [4.78, 5) is 11.4. The highest BCUT2D eigenvalue weighted by molar-refractivity contribution is 5.07. The minimum atomic E-state index is 0.0951. The molecule has 0 amide bonds. The number of hydrogen-bond donors (Lipinski definition) is 1. The van der Waals surface area contributed by atoms with Crippen molar-refractivity contribution in [3.05, 3.63) is 34.2 Å². The summed E-state index contributed by atoms with van der Waals surface area (Å²) in [6.07, 6.45) is 5.03. The van der Waals surface area contributed by atoms with E-state index in [1.54, 1.807) is 10.6 Å². The molecule has 0 fully saturated rings. The molecule has 0 aliphatic carbocycles. The van der Waals surface area contributed by atoms with E-state index in [4.69, 9.17) is 5.73 Å². The Balaban J connectivity index is 2.47. The fourth-order valence-corrected chi connectivity index (χ4v) is 1.39. The second kappa shape index (κ2) is 5.60. The lowest BCUT2D eigenvalue weighted by Gasteiger charge is -2.04. The van der Waals surface area contributed by atoms with Crippen LogP contribution < -0.4 is 11.3 Å². The van der Waals surface area contributed by atoms with E-state index in [9.17, 15) is 4.79 Å². The Morgan fingerprint density at radius 3 is 2.79 bits per heavy atom. The largest absolute Gasteiger partial charge is 0.330 e. The van der Waals surface area contributed by atoms with Gasteiger partial charge in [0.2, 0.25) is 0 Å². The van der Waals surface area contributed by atoms with E-state index >= 15 is 0 Å². The van der Waals surface area contributed by atoms with E-state index in [0.29, 0.717) is 0 Å². The standard InChI is InChI=1S/C11H18N2O/c1-10-5-8-13(11(14)9-10)7-4-2-3-6-12/h5,8-9H,2-4,6-7,12H2,1H3. The fraction of sp³-hybridized carbons (Fsp3) is 0.545. The molecule has 0 aliphatic rings. The summed E-state index contributed by atoms with van der Waals surface area (Å²) in [6.45, 7) is 3.47. The van der Waals surface area contributed by atoms with Crippen LogP contribution in [-0.2, 0) is 6.54 Å². The van der Waals surface area contributed by atoms with Crippen molar-refractivity contribution in [1.82, 2.24) is 4.57 Å². The molecule has 0 aromatic carbocycles. The summed E-state index contributed by atoms with van der Waals surface area (Å²) in [5.74, 6) is 0. The van der Waals surface area contributed by atoms with E-state index in [2.05, 4.69) is 0 Å².